The Balaban J connectivity index is 3.26. The molecule has 0 spiro atoms. The van der Waals surface area contributed by atoms with Gasteiger partial charge in [-0.3, -0.25) is 0 Å². The van der Waals surface area contributed by atoms with Gasteiger partial charge in [0.25, 0.3) is 0 Å². The van der Waals surface area contributed by atoms with Crippen LogP contribution in [0.3, 0.4) is 0 Å². The SMILES string of the molecule is CCCCCCCCCCS(C)(C)CCCO. The average molecular weight is 263 g/mol. The van der Waals surface area contributed by atoms with E-state index in [1.807, 2.05) is 0 Å². The van der Waals surface area contributed by atoms with Gasteiger partial charge in [0, 0.05) is 6.61 Å². The molecule has 0 saturated heterocycles. The maximum absolute atomic E-state index is 8.86. The summed E-state index contributed by atoms with van der Waals surface area (Å²) in [5, 5.41) is 8.86. The Bertz CT molecular complexity index is 157. The zero-order valence-electron chi connectivity index (χ0n) is 12.3. The molecular formula is C15H34OS. The van der Waals surface area contributed by atoms with Crippen molar-refractivity contribution in [2.75, 3.05) is 30.6 Å². The molecular weight excluding hydrogens is 228 g/mol. The number of hydrogen-bond donors (Lipinski definition) is 1. The molecule has 0 bridgehead atoms. The third-order valence-corrected chi connectivity index (χ3v) is 6.19. The highest BCUT2D eigenvalue weighted by Gasteiger charge is 2.10. The maximum Gasteiger partial charge on any atom is 0.0438 e. The van der Waals surface area contributed by atoms with E-state index in [0.29, 0.717) is 6.61 Å². The molecule has 0 aliphatic carbocycles. The molecule has 0 fully saturated rings. The first kappa shape index (κ1) is 17.3. The van der Waals surface area contributed by atoms with Crippen LogP contribution in [0.15, 0.2) is 0 Å². The number of aliphatic hydroxyl groups excluding tert-OH is 1. The minimum atomic E-state index is -0.405. The summed E-state index contributed by atoms with van der Waals surface area (Å²) in [5.74, 6) is 2.65. The summed E-state index contributed by atoms with van der Waals surface area (Å²) in [7, 11) is -0.405. The van der Waals surface area contributed by atoms with Crippen molar-refractivity contribution in [1.29, 1.82) is 0 Å². The summed E-state index contributed by atoms with van der Waals surface area (Å²) in [4.78, 5) is 0. The molecule has 17 heavy (non-hydrogen) atoms. The molecule has 0 radical (unpaired) electrons. The topological polar surface area (TPSA) is 20.2 Å². The van der Waals surface area contributed by atoms with Crippen LogP contribution in [0.25, 0.3) is 0 Å². The van der Waals surface area contributed by atoms with Crippen LogP contribution in [0.5, 0.6) is 0 Å². The van der Waals surface area contributed by atoms with Crippen molar-refractivity contribution in [1.82, 2.24) is 0 Å². The summed E-state index contributed by atoms with van der Waals surface area (Å²) in [6, 6.07) is 0. The van der Waals surface area contributed by atoms with Crippen molar-refractivity contribution in [3.05, 3.63) is 0 Å². The van der Waals surface area contributed by atoms with Crippen molar-refractivity contribution < 1.29 is 5.11 Å². The second kappa shape index (κ2) is 11.4. The quantitative estimate of drug-likeness (QED) is 0.511. The molecule has 0 aromatic carbocycles. The first-order valence-electron chi connectivity index (χ1n) is 7.42. The molecule has 0 aromatic rings. The lowest BCUT2D eigenvalue weighted by molar-refractivity contribution is 0.296. The fourth-order valence-electron chi connectivity index (χ4n) is 2.18. The van der Waals surface area contributed by atoms with E-state index in [9.17, 15) is 0 Å². The van der Waals surface area contributed by atoms with E-state index in [0.717, 1.165) is 6.42 Å². The van der Waals surface area contributed by atoms with Gasteiger partial charge in [-0.15, -0.1) is 0 Å². The standard InChI is InChI=1S/C15H34OS/c1-4-5-6-7-8-9-10-11-14-17(2,3)15-12-13-16/h16H,4-15H2,1-3H3. The third kappa shape index (κ3) is 12.6. The van der Waals surface area contributed by atoms with Crippen molar-refractivity contribution >= 4 is 10.0 Å². The van der Waals surface area contributed by atoms with Gasteiger partial charge in [0.1, 0.15) is 0 Å². The first-order chi connectivity index (χ1) is 8.12. The molecule has 0 saturated carbocycles. The minimum absolute atomic E-state index is 0.369. The number of rotatable bonds is 12. The van der Waals surface area contributed by atoms with Gasteiger partial charge in [0.05, 0.1) is 0 Å². The van der Waals surface area contributed by atoms with Gasteiger partial charge in [-0.2, -0.15) is 0 Å². The Morgan fingerprint density at radius 1 is 0.706 bits per heavy atom. The van der Waals surface area contributed by atoms with Crippen LogP contribution in [-0.4, -0.2) is 35.7 Å². The van der Waals surface area contributed by atoms with E-state index in [1.165, 1.54) is 62.9 Å². The zero-order chi connectivity index (χ0) is 13.0. The van der Waals surface area contributed by atoms with Crippen molar-refractivity contribution in [2.45, 2.75) is 64.7 Å². The highest BCUT2D eigenvalue weighted by molar-refractivity contribution is 8.32. The molecule has 0 atom stereocenters. The predicted octanol–water partition coefficient (Wildman–Crippen LogP) is 4.57. The Morgan fingerprint density at radius 2 is 1.18 bits per heavy atom. The molecule has 0 aromatic heterocycles. The summed E-state index contributed by atoms with van der Waals surface area (Å²) in [6.45, 7) is 2.64. The second-order valence-corrected chi connectivity index (χ2v) is 10.1. The van der Waals surface area contributed by atoms with Gasteiger partial charge in [-0.05, 0) is 36.9 Å². The Labute approximate surface area is 111 Å². The van der Waals surface area contributed by atoms with Gasteiger partial charge in [0.2, 0.25) is 0 Å². The van der Waals surface area contributed by atoms with Gasteiger partial charge >= 0.3 is 0 Å². The highest BCUT2D eigenvalue weighted by atomic mass is 32.3. The lowest BCUT2D eigenvalue weighted by Crippen LogP contribution is -2.07. The lowest BCUT2D eigenvalue weighted by atomic mass is 10.1. The highest BCUT2D eigenvalue weighted by Crippen LogP contribution is 2.41. The lowest BCUT2D eigenvalue weighted by Gasteiger charge is -2.31. The Kier molecular flexibility index (Phi) is 11.6. The van der Waals surface area contributed by atoms with E-state index in [2.05, 4.69) is 19.4 Å². The van der Waals surface area contributed by atoms with Gasteiger partial charge in [-0.25, -0.2) is 10.0 Å². The van der Waals surface area contributed by atoms with E-state index in [-0.39, 0.29) is 0 Å². The zero-order valence-corrected chi connectivity index (χ0v) is 13.2. The van der Waals surface area contributed by atoms with Crippen molar-refractivity contribution in [2.24, 2.45) is 0 Å². The molecule has 1 N–H and O–H groups in total. The van der Waals surface area contributed by atoms with Crippen LogP contribution in [0.4, 0.5) is 0 Å². The van der Waals surface area contributed by atoms with Crippen LogP contribution in [0.2, 0.25) is 0 Å². The van der Waals surface area contributed by atoms with E-state index in [1.54, 1.807) is 0 Å². The molecule has 0 amide bonds. The monoisotopic (exact) mass is 262 g/mol. The van der Waals surface area contributed by atoms with Crippen LogP contribution in [0.1, 0.15) is 64.7 Å². The number of unbranched alkanes of at least 4 members (excludes halogenated alkanes) is 7. The van der Waals surface area contributed by atoms with Crippen molar-refractivity contribution in [3.8, 4) is 0 Å². The van der Waals surface area contributed by atoms with Crippen LogP contribution in [-0.2, 0) is 0 Å². The minimum Gasteiger partial charge on any atom is -0.396 e. The largest absolute Gasteiger partial charge is 0.396 e. The first-order valence-corrected chi connectivity index (χ1v) is 10.2. The van der Waals surface area contributed by atoms with E-state index < -0.39 is 10.0 Å². The maximum atomic E-state index is 8.86. The number of aliphatic hydroxyl groups is 1. The third-order valence-electron chi connectivity index (χ3n) is 3.41. The molecule has 0 unspecified atom stereocenters. The molecule has 106 valence electrons. The van der Waals surface area contributed by atoms with Crippen LogP contribution in [0, 0.1) is 0 Å². The van der Waals surface area contributed by atoms with Gasteiger partial charge in [-0.1, -0.05) is 51.9 Å². The van der Waals surface area contributed by atoms with E-state index in [4.69, 9.17) is 5.11 Å². The smallest absolute Gasteiger partial charge is 0.0438 e. The number of hydrogen-bond acceptors (Lipinski definition) is 1. The van der Waals surface area contributed by atoms with Crippen LogP contribution < -0.4 is 0 Å². The Hall–Kier alpha value is 0.310. The molecule has 2 heteroatoms. The van der Waals surface area contributed by atoms with Gasteiger partial charge in [0.15, 0.2) is 0 Å². The molecule has 0 aliphatic heterocycles. The molecule has 0 heterocycles. The normalized spacial score (nSPS) is 12.9. The second-order valence-electron chi connectivity index (χ2n) is 5.73. The predicted molar refractivity (Wildman–Crippen MR) is 83.5 cm³/mol. The summed E-state index contributed by atoms with van der Waals surface area (Å²) >= 11 is 0. The molecule has 1 nitrogen and oxygen atoms in total. The Morgan fingerprint density at radius 3 is 1.71 bits per heavy atom. The fourth-order valence-corrected chi connectivity index (χ4v) is 4.28. The van der Waals surface area contributed by atoms with E-state index >= 15 is 0 Å². The fraction of sp³-hybridized carbons (Fsp3) is 1.00. The summed E-state index contributed by atoms with van der Waals surface area (Å²) < 4.78 is 0. The molecule has 0 rings (SSSR count). The van der Waals surface area contributed by atoms with Gasteiger partial charge < -0.3 is 5.11 Å². The average Bonchev–Trinajstić information content (AvgIpc) is 2.30. The molecule has 0 aliphatic rings. The van der Waals surface area contributed by atoms with Crippen LogP contribution >= 0.6 is 10.0 Å². The van der Waals surface area contributed by atoms with Crippen molar-refractivity contribution in [3.63, 3.8) is 0 Å². The summed E-state index contributed by atoms with van der Waals surface area (Å²) in [6.07, 6.45) is 17.2. The summed E-state index contributed by atoms with van der Waals surface area (Å²) in [5.41, 5.74) is 0.